The monoisotopic (exact) mass is 409 g/mol. The van der Waals surface area contributed by atoms with E-state index in [2.05, 4.69) is 50.6 Å². The third-order valence-electron chi connectivity index (χ3n) is 5.80. The van der Waals surface area contributed by atoms with Crippen LogP contribution in [0.25, 0.3) is 16.2 Å². The summed E-state index contributed by atoms with van der Waals surface area (Å²) < 4.78 is 17.8. The molecule has 29 heavy (non-hydrogen) atoms. The van der Waals surface area contributed by atoms with Gasteiger partial charge in [0.05, 0.1) is 23.1 Å². The highest BCUT2D eigenvalue weighted by molar-refractivity contribution is 7.15. The molecule has 4 aromatic rings. The zero-order chi connectivity index (χ0) is 20.0. The minimum Gasteiger partial charge on any atom is -0.297 e. The van der Waals surface area contributed by atoms with Crippen LogP contribution in [0.2, 0.25) is 0 Å². The van der Waals surface area contributed by atoms with Crippen LogP contribution in [0.3, 0.4) is 0 Å². The number of hydrogen-bond acceptors (Lipinski definition) is 4. The lowest BCUT2D eigenvalue weighted by Crippen LogP contribution is -2.35. The van der Waals surface area contributed by atoms with Gasteiger partial charge in [-0.2, -0.15) is 5.10 Å². The van der Waals surface area contributed by atoms with Crippen LogP contribution in [0.15, 0.2) is 41.9 Å². The van der Waals surface area contributed by atoms with Crippen molar-refractivity contribution in [3.05, 3.63) is 64.8 Å². The molecule has 0 amide bonds. The van der Waals surface area contributed by atoms with Crippen molar-refractivity contribution in [1.82, 2.24) is 24.1 Å². The molecular weight excluding hydrogens is 385 g/mol. The number of hydrogen-bond donors (Lipinski definition) is 0. The lowest BCUT2D eigenvalue weighted by Gasteiger charge is -2.32. The molecule has 4 heterocycles. The van der Waals surface area contributed by atoms with Gasteiger partial charge in [0.15, 0.2) is 4.96 Å². The number of nitrogens with zero attached hydrogens (tertiary/aromatic N) is 5. The Bertz CT molecular complexity index is 1130. The first-order valence-corrected chi connectivity index (χ1v) is 10.9. The SMILES string of the molecule is Cc1cc(C)n(C2CCN(Cc3c(-c4ccc(F)cc4)nc4sccn34)CC2)n1. The molecule has 0 unspecified atom stereocenters. The van der Waals surface area contributed by atoms with Crippen molar-refractivity contribution in [2.45, 2.75) is 39.3 Å². The molecule has 0 saturated carbocycles. The maximum Gasteiger partial charge on any atom is 0.194 e. The first kappa shape index (κ1) is 18.5. The summed E-state index contributed by atoms with van der Waals surface area (Å²) in [6.07, 6.45) is 4.27. The summed E-state index contributed by atoms with van der Waals surface area (Å²) in [7, 11) is 0. The Morgan fingerprint density at radius 2 is 1.90 bits per heavy atom. The summed E-state index contributed by atoms with van der Waals surface area (Å²) in [5.74, 6) is -0.220. The van der Waals surface area contributed by atoms with E-state index in [1.165, 1.54) is 23.5 Å². The predicted octanol–water partition coefficient (Wildman–Crippen LogP) is 4.85. The Labute approximate surface area is 173 Å². The number of thiazole rings is 1. The molecule has 1 fully saturated rings. The highest BCUT2D eigenvalue weighted by Crippen LogP contribution is 2.30. The fraction of sp³-hybridized carbons (Fsp3) is 0.364. The number of benzene rings is 1. The Balaban J connectivity index is 1.37. The molecule has 1 aliphatic heterocycles. The van der Waals surface area contributed by atoms with E-state index in [9.17, 15) is 4.39 Å². The number of piperidine rings is 1. The number of aromatic nitrogens is 4. The molecule has 5 rings (SSSR count). The van der Waals surface area contributed by atoms with Crippen molar-refractivity contribution in [2.75, 3.05) is 13.1 Å². The molecule has 0 N–H and O–H groups in total. The van der Waals surface area contributed by atoms with Crippen LogP contribution in [0, 0.1) is 19.7 Å². The molecule has 0 atom stereocenters. The van der Waals surface area contributed by atoms with Crippen molar-refractivity contribution in [1.29, 1.82) is 0 Å². The second-order valence-corrected chi connectivity index (χ2v) is 8.72. The molecule has 1 aliphatic rings. The van der Waals surface area contributed by atoms with Crippen molar-refractivity contribution in [3.8, 4) is 11.3 Å². The Morgan fingerprint density at radius 1 is 1.14 bits per heavy atom. The van der Waals surface area contributed by atoms with E-state index in [-0.39, 0.29) is 5.82 Å². The molecule has 150 valence electrons. The van der Waals surface area contributed by atoms with Gasteiger partial charge in [-0.15, -0.1) is 11.3 Å². The van der Waals surface area contributed by atoms with Gasteiger partial charge < -0.3 is 0 Å². The highest BCUT2D eigenvalue weighted by atomic mass is 32.1. The van der Waals surface area contributed by atoms with Crippen LogP contribution in [-0.4, -0.2) is 37.2 Å². The second kappa shape index (κ2) is 7.39. The van der Waals surface area contributed by atoms with Crippen LogP contribution in [-0.2, 0) is 6.54 Å². The van der Waals surface area contributed by atoms with Crippen LogP contribution < -0.4 is 0 Å². The van der Waals surface area contributed by atoms with Gasteiger partial charge in [0.25, 0.3) is 0 Å². The van der Waals surface area contributed by atoms with Gasteiger partial charge in [-0.3, -0.25) is 14.0 Å². The van der Waals surface area contributed by atoms with Crippen molar-refractivity contribution >= 4 is 16.3 Å². The summed E-state index contributed by atoms with van der Waals surface area (Å²) in [6, 6.07) is 9.28. The summed E-state index contributed by atoms with van der Waals surface area (Å²) >= 11 is 1.63. The molecule has 5 nitrogen and oxygen atoms in total. The topological polar surface area (TPSA) is 38.4 Å². The Kier molecular flexibility index (Phi) is 4.72. The van der Waals surface area contributed by atoms with Crippen LogP contribution >= 0.6 is 11.3 Å². The van der Waals surface area contributed by atoms with E-state index in [1.807, 2.05) is 12.1 Å². The van der Waals surface area contributed by atoms with Gasteiger partial charge in [-0.05, 0) is 57.0 Å². The summed E-state index contributed by atoms with van der Waals surface area (Å²) in [6.45, 7) is 7.10. The van der Waals surface area contributed by atoms with E-state index >= 15 is 0 Å². The standard InChI is InChI=1S/C22H24FN5S/c1-15-13-16(2)28(25-15)19-7-9-26(10-8-19)14-20-21(17-3-5-18(23)6-4-17)24-22-27(20)11-12-29-22/h3-6,11-13,19H,7-10,14H2,1-2H3. The molecule has 1 aromatic carbocycles. The normalized spacial score (nSPS) is 16.1. The third-order valence-corrected chi connectivity index (χ3v) is 6.56. The number of imidazole rings is 1. The largest absolute Gasteiger partial charge is 0.297 e. The molecule has 3 aromatic heterocycles. The van der Waals surface area contributed by atoms with Crippen molar-refractivity contribution < 1.29 is 4.39 Å². The van der Waals surface area contributed by atoms with Gasteiger partial charge in [-0.25, -0.2) is 9.37 Å². The fourth-order valence-electron chi connectivity index (χ4n) is 4.37. The number of likely N-dealkylation sites (tertiary alicyclic amines) is 1. The number of fused-ring (bicyclic) bond motifs is 1. The minimum atomic E-state index is -0.220. The number of halogens is 1. The van der Waals surface area contributed by atoms with E-state index < -0.39 is 0 Å². The molecule has 1 saturated heterocycles. The van der Waals surface area contributed by atoms with E-state index in [0.717, 1.165) is 54.4 Å². The van der Waals surface area contributed by atoms with Crippen molar-refractivity contribution in [3.63, 3.8) is 0 Å². The first-order valence-electron chi connectivity index (χ1n) is 10.0. The maximum absolute atomic E-state index is 13.4. The maximum atomic E-state index is 13.4. The number of rotatable bonds is 4. The second-order valence-electron chi connectivity index (χ2n) is 7.85. The average Bonchev–Trinajstić information content (AvgIpc) is 3.39. The van der Waals surface area contributed by atoms with Crippen LogP contribution in [0.4, 0.5) is 4.39 Å². The van der Waals surface area contributed by atoms with Crippen LogP contribution in [0.5, 0.6) is 0 Å². The van der Waals surface area contributed by atoms with Gasteiger partial charge in [0.2, 0.25) is 0 Å². The van der Waals surface area contributed by atoms with Gasteiger partial charge in [0, 0.05) is 42.5 Å². The van der Waals surface area contributed by atoms with Gasteiger partial charge in [0.1, 0.15) is 5.82 Å². The third kappa shape index (κ3) is 3.49. The summed E-state index contributed by atoms with van der Waals surface area (Å²) in [4.78, 5) is 8.31. The summed E-state index contributed by atoms with van der Waals surface area (Å²) in [5, 5.41) is 6.75. The van der Waals surface area contributed by atoms with Crippen LogP contribution in [0.1, 0.15) is 36.0 Å². The van der Waals surface area contributed by atoms with E-state index in [0.29, 0.717) is 6.04 Å². The zero-order valence-electron chi connectivity index (χ0n) is 16.7. The smallest absolute Gasteiger partial charge is 0.194 e. The average molecular weight is 410 g/mol. The molecule has 7 heteroatoms. The minimum absolute atomic E-state index is 0.220. The lowest BCUT2D eigenvalue weighted by molar-refractivity contribution is 0.170. The first-order chi connectivity index (χ1) is 14.1. The van der Waals surface area contributed by atoms with E-state index in [4.69, 9.17) is 4.98 Å². The molecule has 0 bridgehead atoms. The summed E-state index contributed by atoms with van der Waals surface area (Å²) in [5.41, 5.74) is 5.44. The van der Waals surface area contributed by atoms with Gasteiger partial charge >= 0.3 is 0 Å². The Hall–Kier alpha value is -2.51. The lowest BCUT2D eigenvalue weighted by atomic mass is 10.0. The highest BCUT2D eigenvalue weighted by Gasteiger charge is 2.24. The van der Waals surface area contributed by atoms with Gasteiger partial charge in [-0.1, -0.05) is 0 Å². The fourth-order valence-corrected chi connectivity index (χ4v) is 5.11. The molecule has 0 radical (unpaired) electrons. The zero-order valence-corrected chi connectivity index (χ0v) is 17.5. The van der Waals surface area contributed by atoms with Crippen molar-refractivity contribution in [2.24, 2.45) is 0 Å². The molecule has 0 spiro atoms. The number of aryl methyl sites for hydroxylation is 2. The molecular formula is C22H24FN5S. The quantitative estimate of drug-likeness (QED) is 0.483. The Morgan fingerprint density at radius 3 is 2.59 bits per heavy atom. The van der Waals surface area contributed by atoms with E-state index in [1.54, 1.807) is 11.3 Å². The predicted molar refractivity (Wildman–Crippen MR) is 114 cm³/mol. The molecule has 0 aliphatic carbocycles.